The molecule has 0 radical (unpaired) electrons. The predicted octanol–water partition coefficient (Wildman–Crippen LogP) is 2.40. The van der Waals surface area contributed by atoms with Crippen LogP contribution < -0.4 is 21.1 Å². The highest BCUT2D eigenvalue weighted by Crippen LogP contribution is 2.26. The summed E-state index contributed by atoms with van der Waals surface area (Å²) in [5.41, 5.74) is 5.88. The first-order chi connectivity index (χ1) is 14.0. The van der Waals surface area contributed by atoms with Crippen molar-refractivity contribution in [3.05, 3.63) is 60.2 Å². The van der Waals surface area contributed by atoms with Crippen molar-refractivity contribution in [2.75, 3.05) is 6.61 Å². The van der Waals surface area contributed by atoms with E-state index in [2.05, 4.69) is 10.6 Å². The van der Waals surface area contributed by atoms with Crippen molar-refractivity contribution < 1.29 is 23.9 Å². The Kier molecular flexibility index (Phi) is 6.67. The van der Waals surface area contributed by atoms with Crippen LogP contribution in [-0.4, -0.2) is 30.6 Å². The van der Waals surface area contributed by atoms with Gasteiger partial charge in [0, 0.05) is 6.04 Å². The van der Waals surface area contributed by atoms with Crippen molar-refractivity contribution in [3.63, 3.8) is 0 Å². The Bertz CT molecular complexity index is 868. The molecule has 4 N–H and O–H groups in total. The van der Waals surface area contributed by atoms with Crippen molar-refractivity contribution >= 4 is 17.9 Å². The molecule has 3 rings (SSSR count). The molecule has 0 unspecified atom stereocenters. The number of primary amides is 1. The number of benzene rings is 2. The first-order valence-corrected chi connectivity index (χ1v) is 9.33. The molecule has 1 aliphatic carbocycles. The van der Waals surface area contributed by atoms with Crippen LogP contribution in [0.3, 0.4) is 0 Å². The molecule has 2 aromatic carbocycles. The molecule has 0 bridgehead atoms. The lowest BCUT2D eigenvalue weighted by molar-refractivity contribution is -0.149. The van der Waals surface area contributed by atoms with Gasteiger partial charge in [0.1, 0.15) is 11.5 Å². The fourth-order valence-electron chi connectivity index (χ4n) is 2.71. The molecule has 1 fully saturated rings. The maximum absolute atomic E-state index is 12.2. The molecule has 3 amide bonds. The number of nitrogens with one attached hydrogen (secondary N) is 2. The van der Waals surface area contributed by atoms with Gasteiger partial charge in [-0.25, -0.2) is 4.79 Å². The Morgan fingerprint density at radius 2 is 1.76 bits per heavy atom. The third kappa shape index (κ3) is 6.84. The van der Waals surface area contributed by atoms with Gasteiger partial charge in [0.15, 0.2) is 6.61 Å². The van der Waals surface area contributed by atoms with E-state index in [4.69, 9.17) is 15.2 Å². The second-order valence-electron chi connectivity index (χ2n) is 6.76. The van der Waals surface area contributed by atoms with Gasteiger partial charge in [0.05, 0.1) is 12.5 Å². The van der Waals surface area contributed by atoms with Gasteiger partial charge in [0.25, 0.3) is 5.91 Å². The van der Waals surface area contributed by atoms with E-state index in [1.165, 1.54) is 0 Å². The van der Waals surface area contributed by atoms with Crippen molar-refractivity contribution in [2.45, 2.75) is 31.3 Å². The highest BCUT2D eigenvalue weighted by Gasteiger charge is 2.24. The third-order valence-corrected chi connectivity index (χ3v) is 4.23. The minimum atomic E-state index is -0.774. The van der Waals surface area contributed by atoms with Crippen molar-refractivity contribution in [3.8, 4) is 11.5 Å². The topological polar surface area (TPSA) is 120 Å². The summed E-state index contributed by atoms with van der Waals surface area (Å²) >= 11 is 0. The van der Waals surface area contributed by atoms with Crippen LogP contribution in [0, 0.1) is 0 Å². The summed E-state index contributed by atoms with van der Waals surface area (Å²) in [7, 11) is 0. The lowest BCUT2D eigenvalue weighted by atomic mass is 10.0. The second kappa shape index (κ2) is 9.59. The second-order valence-corrected chi connectivity index (χ2v) is 6.76. The van der Waals surface area contributed by atoms with Gasteiger partial charge in [-0.15, -0.1) is 0 Å². The fourth-order valence-corrected chi connectivity index (χ4v) is 2.71. The smallest absolute Gasteiger partial charge is 0.312 e. The van der Waals surface area contributed by atoms with Gasteiger partial charge in [-0.2, -0.15) is 0 Å². The molecular formula is C21H23N3O5. The number of para-hydroxylation sites is 1. The summed E-state index contributed by atoms with van der Waals surface area (Å²) in [5.74, 6) is 0.245. The van der Waals surface area contributed by atoms with Crippen LogP contribution in [0.5, 0.6) is 11.5 Å². The van der Waals surface area contributed by atoms with Gasteiger partial charge in [-0.1, -0.05) is 30.3 Å². The number of nitrogens with two attached hydrogens (primary N) is 1. The largest absolute Gasteiger partial charge is 0.457 e. The molecule has 0 saturated heterocycles. The molecule has 0 aliphatic heterocycles. The number of amides is 3. The lowest BCUT2D eigenvalue weighted by Crippen LogP contribution is -2.35. The van der Waals surface area contributed by atoms with Gasteiger partial charge in [-0.3, -0.25) is 9.59 Å². The standard InChI is InChI=1S/C21H23N3O5/c22-21(27)24-18(12-20(26)28-13-19(25)23-15-9-10-15)14-5-4-8-17(11-14)29-16-6-2-1-3-7-16/h1-8,11,15,18H,9-10,12-13H2,(H,23,25)(H3,22,24,27)/t18-/m1/s1. The van der Waals surface area contributed by atoms with Crippen LogP contribution in [0.1, 0.15) is 30.9 Å². The summed E-state index contributed by atoms with van der Waals surface area (Å²) in [6, 6.07) is 14.9. The van der Waals surface area contributed by atoms with Crippen LogP contribution in [0.25, 0.3) is 0 Å². The molecule has 8 nitrogen and oxygen atoms in total. The Hall–Kier alpha value is -3.55. The maximum Gasteiger partial charge on any atom is 0.312 e. The average molecular weight is 397 g/mol. The van der Waals surface area contributed by atoms with E-state index >= 15 is 0 Å². The molecule has 152 valence electrons. The quantitative estimate of drug-likeness (QED) is 0.561. The van der Waals surface area contributed by atoms with E-state index in [0.717, 1.165) is 12.8 Å². The maximum atomic E-state index is 12.2. The highest BCUT2D eigenvalue weighted by atomic mass is 16.5. The van der Waals surface area contributed by atoms with Gasteiger partial charge in [0.2, 0.25) is 0 Å². The van der Waals surface area contributed by atoms with Crippen LogP contribution in [0.15, 0.2) is 54.6 Å². The Morgan fingerprint density at radius 1 is 1.03 bits per heavy atom. The van der Waals surface area contributed by atoms with Crippen molar-refractivity contribution in [1.29, 1.82) is 0 Å². The number of urea groups is 1. The third-order valence-electron chi connectivity index (χ3n) is 4.23. The molecule has 0 heterocycles. The summed E-state index contributed by atoms with van der Waals surface area (Å²) < 4.78 is 10.8. The molecule has 8 heteroatoms. The molecule has 0 spiro atoms. The Balaban J connectivity index is 1.62. The number of carbonyl (C=O) groups is 3. The zero-order valence-electron chi connectivity index (χ0n) is 15.8. The van der Waals surface area contributed by atoms with E-state index in [9.17, 15) is 14.4 Å². The number of ether oxygens (including phenoxy) is 2. The van der Waals surface area contributed by atoms with Gasteiger partial charge < -0.3 is 25.8 Å². The van der Waals surface area contributed by atoms with E-state index < -0.39 is 18.0 Å². The number of hydrogen-bond acceptors (Lipinski definition) is 5. The molecular weight excluding hydrogens is 374 g/mol. The van der Waals surface area contributed by atoms with Crippen LogP contribution in [0.4, 0.5) is 4.79 Å². The first-order valence-electron chi connectivity index (χ1n) is 9.33. The summed E-state index contributed by atoms with van der Waals surface area (Å²) in [4.78, 5) is 35.2. The van der Waals surface area contributed by atoms with Crippen molar-refractivity contribution in [1.82, 2.24) is 10.6 Å². The normalized spacial score (nSPS) is 13.8. The molecule has 1 aliphatic rings. The molecule has 2 aromatic rings. The van der Waals surface area contributed by atoms with Crippen LogP contribution in [0.2, 0.25) is 0 Å². The Morgan fingerprint density at radius 3 is 2.45 bits per heavy atom. The number of carbonyl (C=O) groups excluding carboxylic acids is 3. The molecule has 29 heavy (non-hydrogen) atoms. The number of hydrogen-bond donors (Lipinski definition) is 3. The zero-order valence-corrected chi connectivity index (χ0v) is 15.8. The summed E-state index contributed by atoms with van der Waals surface area (Å²) in [5, 5.41) is 5.26. The average Bonchev–Trinajstić information content (AvgIpc) is 3.50. The number of esters is 1. The van der Waals surface area contributed by atoms with Crippen molar-refractivity contribution in [2.24, 2.45) is 5.73 Å². The van der Waals surface area contributed by atoms with E-state index in [-0.39, 0.29) is 25.0 Å². The minimum Gasteiger partial charge on any atom is -0.457 e. The van der Waals surface area contributed by atoms with E-state index in [0.29, 0.717) is 17.1 Å². The summed E-state index contributed by atoms with van der Waals surface area (Å²) in [6.45, 7) is -0.351. The van der Waals surface area contributed by atoms with E-state index in [1.807, 2.05) is 30.3 Å². The van der Waals surface area contributed by atoms with Gasteiger partial charge in [-0.05, 0) is 42.7 Å². The van der Waals surface area contributed by atoms with Crippen LogP contribution >= 0.6 is 0 Å². The minimum absolute atomic E-state index is 0.172. The molecule has 1 saturated carbocycles. The SMILES string of the molecule is NC(=O)N[C@H](CC(=O)OCC(=O)NC1CC1)c1cccc(Oc2ccccc2)c1. The number of rotatable bonds is 9. The zero-order chi connectivity index (χ0) is 20.6. The first kappa shape index (κ1) is 20.2. The monoisotopic (exact) mass is 397 g/mol. The van der Waals surface area contributed by atoms with E-state index in [1.54, 1.807) is 24.3 Å². The predicted molar refractivity (Wildman–Crippen MR) is 105 cm³/mol. The molecule has 0 aromatic heterocycles. The summed E-state index contributed by atoms with van der Waals surface area (Å²) in [6.07, 6.45) is 1.73. The van der Waals surface area contributed by atoms with Gasteiger partial charge >= 0.3 is 12.0 Å². The lowest BCUT2D eigenvalue weighted by Gasteiger charge is -2.18. The molecule has 1 atom stereocenters. The Labute approximate surface area is 168 Å². The van der Waals surface area contributed by atoms with Crippen LogP contribution in [-0.2, 0) is 14.3 Å². The fraction of sp³-hybridized carbons (Fsp3) is 0.286. The highest BCUT2D eigenvalue weighted by molar-refractivity contribution is 5.81.